The van der Waals surface area contributed by atoms with E-state index < -0.39 is 5.60 Å². The Hall–Kier alpha value is -1.26. The molecule has 1 N–H and O–H groups in total. The van der Waals surface area contributed by atoms with E-state index in [0.717, 1.165) is 29.3 Å². The summed E-state index contributed by atoms with van der Waals surface area (Å²) in [6.45, 7) is 0. The Morgan fingerprint density at radius 3 is 2.76 bits per heavy atom. The van der Waals surface area contributed by atoms with Gasteiger partial charge in [0.25, 0.3) is 0 Å². The van der Waals surface area contributed by atoms with Crippen molar-refractivity contribution >= 4 is 11.8 Å². The molecule has 1 aromatic heterocycles. The van der Waals surface area contributed by atoms with E-state index in [0.29, 0.717) is 0 Å². The van der Waals surface area contributed by atoms with Gasteiger partial charge in [-0.05, 0) is 30.4 Å². The number of hydrogen-bond donors (Lipinski definition) is 1. The van der Waals surface area contributed by atoms with Gasteiger partial charge in [-0.1, -0.05) is 18.2 Å². The number of benzene rings is 1. The van der Waals surface area contributed by atoms with Crippen molar-refractivity contribution in [3.8, 4) is 5.69 Å². The summed E-state index contributed by atoms with van der Waals surface area (Å²) >= 11 is 1.79. The summed E-state index contributed by atoms with van der Waals surface area (Å²) in [5.74, 6) is 1.77. The van der Waals surface area contributed by atoms with E-state index in [1.165, 1.54) is 0 Å². The first-order valence-corrected chi connectivity index (χ1v) is 6.85. The van der Waals surface area contributed by atoms with E-state index in [1.807, 2.05) is 41.1 Å². The quantitative estimate of drug-likeness (QED) is 0.882. The summed E-state index contributed by atoms with van der Waals surface area (Å²) in [6, 6.07) is 11.9. The Morgan fingerprint density at radius 1 is 1.24 bits per heavy atom. The Balaban J connectivity index is 2.05. The molecule has 17 heavy (non-hydrogen) atoms. The molecule has 0 bridgehead atoms. The molecule has 3 rings (SSSR count). The van der Waals surface area contributed by atoms with Crippen LogP contribution in [0, 0.1) is 0 Å². The third-order valence-electron chi connectivity index (χ3n) is 3.12. The van der Waals surface area contributed by atoms with E-state index in [2.05, 4.69) is 5.10 Å². The molecule has 1 aliphatic heterocycles. The fourth-order valence-corrected chi connectivity index (χ4v) is 3.44. The number of nitrogens with zero attached hydrogens (tertiary/aromatic N) is 2. The SMILES string of the molecule is OC1(c2ccnn2-c2ccccc2)CCSC1. The first-order chi connectivity index (χ1) is 8.30. The highest BCUT2D eigenvalue weighted by Crippen LogP contribution is 2.37. The lowest BCUT2D eigenvalue weighted by Gasteiger charge is -2.22. The number of aliphatic hydroxyl groups is 1. The Morgan fingerprint density at radius 2 is 2.06 bits per heavy atom. The number of hydrogen-bond acceptors (Lipinski definition) is 3. The van der Waals surface area contributed by atoms with Crippen LogP contribution in [-0.4, -0.2) is 26.4 Å². The highest BCUT2D eigenvalue weighted by molar-refractivity contribution is 7.99. The predicted octanol–water partition coefficient (Wildman–Crippen LogP) is 2.20. The van der Waals surface area contributed by atoms with Crippen LogP contribution in [0.1, 0.15) is 12.1 Å². The molecule has 3 nitrogen and oxygen atoms in total. The first-order valence-electron chi connectivity index (χ1n) is 5.70. The molecule has 1 atom stereocenters. The van der Waals surface area contributed by atoms with Gasteiger partial charge in [0.15, 0.2) is 0 Å². The Kier molecular flexibility index (Phi) is 2.68. The molecule has 4 heteroatoms. The molecule has 0 aliphatic carbocycles. The molecule has 0 spiro atoms. The zero-order valence-electron chi connectivity index (χ0n) is 9.41. The molecule has 1 unspecified atom stereocenters. The van der Waals surface area contributed by atoms with Crippen molar-refractivity contribution < 1.29 is 5.11 Å². The van der Waals surface area contributed by atoms with Crippen LogP contribution >= 0.6 is 11.8 Å². The maximum Gasteiger partial charge on any atom is 0.116 e. The van der Waals surface area contributed by atoms with Gasteiger partial charge in [0.1, 0.15) is 5.60 Å². The molecule has 2 heterocycles. The summed E-state index contributed by atoms with van der Waals surface area (Å²) in [7, 11) is 0. The highest BCUT2D eigenvalue weighted by atomic mass is 32.2. The van der Waals surface area contributed by atoms with Crippen LogP contribution in [0.2, 0.25) is 0 Å². The van der Waals surface area contributed by atoms with Gasteiger partial charge < -0.3 is 5.11 Å². The van der Waals surface area contributed by atoms with Gasteiger partial charge in [0, 0.05) is 11.9 Å². The largest absolute Gasteiger partial charge is 0.383 e. The van der Waals surface area contributed by atoms with E-state index >= 15 is 0 Å². The minimum Gasteiger partial charge on any atom is -0.383 e. The average molecular weight is 246 g/mol. The van der Waals surface area contributed by atoms with Crippen molar-refractivity contribution in [1.82, 2.24) is 9.78 Å². The fourth-order valence-electron chi connectivity index (χ4n) is 2.19. The fraction of sp³-hybridized carbons (Fsp3) is 0.308. The van der Waals surface area contributed by atoms with E-state index in [-0.39, 0.29) is 0 Å². The van der Waals surface area contributed by atoms with Crippen LogP contribution in [0.15, 0.2) is 42.6 Å². The minimum absolute atomic E-state index is 0.725. The van der Waals surface area contributed by atoms with Crippen LogP contribution in [0.4, 0.5) is 0 Å². The molecular weight excluding hydrogens is 232 g/mol. The molecule has 1 aromatic carbocycles. The molecule has 0 saturated carbocycles. The van der Waals surface area contributed by atoms with Gasteiger partial charge in [0.2, 0.25) is 0 Å². The molecule has 2 aromatic rings. The molecule has 1 fully saturated rings. The van der Waals surface area contributed by atoms with Crippen LogP contribution in [0.25, 0.3) is 5.69 Å². The zero-order valence-corrected chi connectivity index (χ0v) is 10.2. The van der Waals surface area contributed by atoms with Crippen molar-refractivity contribution in [2.45, 2.75) is 12.0 Å². The summed E-state index contributed by atoms with van der Waals surface area (Å²) in [6.07, 6.45) is 2.56. The number of para-hydroxylation sites is 1. The number of thioether (sulfide) groups is 1. The Bertz CT molecular complexity index is 503. The van der Waals surface area contributed by atoms with Crippen molar-refractivity contribution in [2.75, 3.05) is 11.5 Å². The summed E-state index contributed by atoms with van der Waals surface area (Å²) in [5, 5.41) is 14.9. The average Bonchev–Trinajstić information content (AvgIpc) is 2.99. The van der Waals surface area contributed by atoms with Gasteiger partial charge in [0.05, 0.1) is 11.4 Å². The van der Waals surface area contributed by atoms with Crippen LogP contribution in [0.5, 0.6) is 0 Å². The molecule has 0 amide bonds. The van der Waals surface area contributed by atoms with Crippen LogP contribution < -0.4 is 0 Å². The van der Waals surface area contributed by atoms with Crippen molar-refractivity contribution in [1.29, 1.82) is 0 Å². The maximum atomic E-state index is 10.6. The lowest BCUT2D eigenvalue weighted by atomic mass is 9.99. The molecule has 1 saturated heterocycles. The van der Waals surface area contributed by atoms with Gasteiger partial charge in [-0.15, -0.1) is 0 Å². The summed E-state index contributed by atoms with van der Waals surface area (Å²) in [4.78, 5) is 0. The van der Waals surface area contributed by atoms with Gasteiger partial charge in [-0.3, -0.25) is 0 Å². The smallest absolute Gasteiger partial charge is 0.116 e. The van der Waals surface area contributed by atoms with Crippen LogP contribution in [0.3, 0.4) is 0 Å². The highest BCUT2D eigenvalue weighted by Gasteiger charge is 2.36. The van der Waals surface area contributed by atoms with Crippen LogP contribution in [-0.2, 0) is 5.60 Å². The van der Waals surface area contributed by atoms with Crippen molar-refractivity contribution in [3.05, 3.63) is 48.3 Å². The van der Waals surface area contributed by atoms with Crippen molar-refractivity contribution in [3.63, 3.8) is 0 Å². The van der Waals surface area contributed by atoms with Gasteiger partial charge in [-0.25, -0.2) is 4.68 Å². The lowest BCUT2D eigenvalue weighted by Crippen LogP contribution is -2.28. The van der Waals surface area contributed by atoms with Gasteiger partial charge in [-0.2, -0.15) is 16.9 Å². The Labute approximate surface area is 104 Å². The molecule has 88 valence electrons. The summed E-state index contributed by atoms with van der Waals surface area (Å²) < 4.78 is 1.84. The second-order valence-electron chi connectivity index (χ2n) is 4.30. The van der Waals surface area contributed by atoms with E-state index in [9.17, 15) is 5.11 Å². The zero-order chi connectivity index (χ0) is 11.7. The van der Waals surface area contributed by atoms with E-state index in [4.69, 9.17) is 0 Å². The number of aromatic nitrogens is 2. The van der Waals surface area contributed by atoms with E-state index in [1.54, 1.807) is 18.0 Å². The standard InChI is InChI=1S/C13H14N2OS/c16-13(7-9-17-10-13)12-6-8-14-15(12)11-4-2-1-3-5-11/h1-6,8,16H,7,9-10H2. The third-order valence-corrected chi connectivity index (χ3v) is 4.30. The third kappa shape index (κ3) is 1.87. The second-order valence-corrected chi connectivity index (χ2v) is 5.40. The molecular formula is C13H14N2OS. The predicted molar refractivity (Wildman–Crippen MR) is 69.4 cm³/mol. The monoisotopic (exact) mass is 246 g/mol. The molecule has 1 aliphatic rings. The van der Waals surface area contributed by atoms with Gasteiger partial charge >= 0.3 is 0 Å². The first kappa shape index (κ1) is 10.9. The lowest BCUT2D eigenvalue weighted by molar-refractivity contribution is 0.0585. The normalized spacial score (nSPS) is 24.1. The second kappa shape index (κ2) is 4.20. The summed E-state index contributed by atoms with van der Waals surface area (Å²) in [5.41, 5.74) is 1.17. The minimum atomic E-state index is -0.725. The number of rotatable bonds is 2. The topological polar surface area (TPSA) is 38.1 Å². The molecule has 0 radical (unpaired) electrons. The maximum absolute atomic E-state index is 10.6. The van der Waals surface area contributed by atoms with Crippen molar-refractivity contribution in [2.24, 2.45) is 0 Å².